The lowest BCUT2D eigenvalue weighted by molar-refractivity contribution is -0.134. The molecule has 0 atom stereocenters. The van der Waals surface area contributed by atoms with Crippen LogP contribution in [-0.2, 0) is 9.53 Å². The number of ketones is 1. The summed E-state index contributed by atoms with van der Waals surface area (Å²) in [6, 6.07) is 11.3. The Bertz CT molecular complexity index is 1040. The molecule has 0 aliphatic rings. The predicted molar refractivity (Wildman–Crippen MR) is 111 cm³/mol. The molecule has 0 radical (unpaired) electrons. The molecule has 3 aromatic rings. The Morgan fingerprint density at radius 2 is 1.90 bits per heavy atom. The minimum Gasteiger partial charge on any atom is -0.466 e. The van der Waals surface area contributed by atoms with Crippen molar-refractivity contribution >= 4 is 23.5 Å². The van der Waals surface area contributed by atoms with Gasteiger partial charge < -0.3 is 10.1 Å². The molecule has 1 heterocycles. The highest BCUT2D eigenvalue weighted by atomic mass is 16.5. The number of benzene rings is 2. The summed E-state index contributed by atoms with van der Waals surface area (Å²) >= 11 is 0. The Morgan fingerprint density at radius 3 is 2.55 bits per heavy atom. The second-order valence-electron chi connectivity index (χ2n) is 6.62. The van der Waals surface area contributed by atoms with Gasteiger partial charge in [-0.3, -0.25) is 4.79 Å². The van der Waals surface area contributed by atoms with E-state index < -0.39 is 5.97 Å². The topological polar surface area (TPSA) is 86.1 Å². The van der Waals surface area contributed by atoms with Crippen LogP contribution in [0.1, 0.15) is 27.0 Å². The highest BCUT2D eigenvalue weighted by molar-refractivity contribution is 5.99. The second kappa shape index (κ2) is 8.97. The number of aryl methyl sites for hydroxylation is 2. The number of anilines is 1. The number of nitrogens with zero attached hydrogens (tertiary/aromatic N) is 3. The van der Waals surface area contributed by atoms with Gasteiger partial charge in [0.05, 0.1) is 19.3 Å². The van der Waals surface area contributed by atoms with Gasteiger partial charge in [0.15, 0.2) is 5.78 Å². The number of rotatable bonds is 7. The molecule has 0 spiro atoms. The number of hydrogen-bond acceptors (Lipinski definition) is 6. The molecule has 29 heavy (non-hydrogen) atoms. The lowest BCUT2D eigenvalue weighted by atomic mass is 10.0. The SMILES string of the molecule is COC(=O)/C=C/c1ccc(-n2cncn2)cc1NCC(=O)c1cc(C)cc(C)c1. The third-order valence-electron chi connectivity index (χ3n) is 4.30. The van der Waals surface area contributed by atoms with Crippen molar-refractivity contribution in [3.05, 3.63) is 77.4 Å². The average Bonchev–Trinajstić information content (AvgIpc) is 3.24. The number of esters is 1. The maximum atomic E-state index is 12.7. The monoisotopic (exact) mass is 390 g/mol. The summed E-state index contributed by atoms with van der Waals surface area (Å²) in [5.41, 5.74) is 4.96. The van der Waals surface area contributed by atoms with E-state index >= 15 is 0 Å². The fourth-order valence-electron chi connectivity index (χ4n) is 2.97. The van der Waals surface area contributed by atoms with Crippen molar-refractivity contribution in [3.63, 3.8) is 0 Å². The zero-order valence-electron chi connectivity index (χ0n) is 16.5. The van der Waals surface area contributed by atoms with Crippen molar-refractivity contribution in [2.75, 3.05) is 19.0 Å². The van der Waals surface area contributed by atoms with Gasteiger partial charge in [-0.15, -0.1) is 0 Å². The molecule has 0 aliphatic heterocycles. The maximum Gasteiger partial charge on any atom is 0.330 e. The molecule has 1 aromatic heterocycles. The van der Waals surface area contributed by atoms with E-state index in [0.29, 0.717) is 11.3 Å². The van der Waals surface area contributed by atoms with Crippen LogP contribution in [0.4, 0.5) is 5.69 Å². The summed E-state index contributed by atoms with van der Waals surface area (Å²) < 4.78 is 6.27. The molecule has 0 aliphatic carbocycles. The number of hydrogen-bond donors (Lipinski definition) is 1. The highest BCUT2D eigenvalue weighted by Gasteiger charge is 2.10. The summed E-state index contributed by atoms with van der Waals surface area (Å²) in [5.74, 6) is -0.478. The smallest absolute Gasteiger partial charge is 0.330 e. The van der Waals surface area contributed by atoms with E-state index in [1.165, 1.54) is 19.5 Å². The molecule has 2 aromatic carbocycles. The minimum absolute atomic E-state index is 0.0224. The van der Waals surface area contributed by atoms with Gasteiger partial charge >= 0.3 is 5.97 Å². The number of carbonyl (C=O) groups excluding carboxylic acids is 2. The Kier molecular flexibility index (Phi) is 6.19. The van der Waals surface area contributed by atoms with Crippen LogP contribution in [0, 0.1) is 13.8 Å². The normalized spacial score (nSPS) is 10.9. The van der Waals surface area contributed by atoms with Crippen LogP contribution in [0.25, 0.3) is 11.8 Å². The minimum atomic E-state index is -0.456. The van der Waals surface area contributed by atoms with E-state index in [-0.39, 0.29) is 12.3 Å². The predicted octanol–water partition coefficient (Wildman–Crippen LogP) is 3.37. The quantitative estimate of drug-likeness (QED) is 0.378. The van der Waals surface area contributed by atoms with Gasteiger partial charge in [0, 0.05) is 17.3 Å². The van der Waals surface area contributed by atoms with Crippen LogP contribution >= 0.6 is 0 Å². The van der Waals surface area contributed by atoms with E-state index in [9.17, 15) is 9.59 Å². The van der Waals surface area contributed by atoms with E-state index in [2.05, 4.69) is 20.1 Å². The number of methoxy groups -OCH3 is 1. The molecule has 7 heteroatoms. The Labute approximate surface area is 169 Å². The van der Waals surface area contributed by atoms with Crippen molar-refractivity contribution in [2.24, 2.45) is 0 Å². The molecule has 0 amide bonds. The molecular formula is C22H22N4O3. The summed E-state index contributed by atoms with van der Waals surface area (Å²) in [6.07, 6.45) is 6.01. The van der Waals surface area contributed by atoms with Gasteiger partial charge in [-0.1, -0.05) is 23.3 Å². The summed E-state index contributed by atoms with van der Waals surface area (Å²) in [7, 11) is 1.32. The van der Waals surface area contributed by atoms with Crippen molar-refractivity contribution in [3.8, 4) is 5.69 Å². The molecule has 3 rings (SSSR count). The van der Waals surface area contributed by atoms with Gasteiger partial charge in [0.1, 0.15) is 12.7 Å². The summed E-state index contributed by atoms with van der Waals surface area (Å²) in [4.78, 5) is 28.1. The number of carbonyl (C=O) groups is 2. The Morgan fingerprint density at radius 1 is 1.14 bits per heavy atom. The van der Waals surface area contributed by atoms with Gasteiger partial charge in [0.2, 0.25) is 0 Å². The summed E-state index contributed by atoms with van der Waals surface area (Å²) in [6.45, 7) is 4.05. The fraction of sp³-hybridized carbons (Fsp3) is 0.182. The zero-order valence-corrected chi connectivity index (χ0v) is 16.5. The molecule has 0 unspecified atom stereocenters. The van der Waals surface area contributed by atoms with Crippen LogP contribution in [0.5, 0.6) is 0 Å². The number of ether oxygens (including phenoxy) is 1. The maximum absolute atomic E-state index is 12.7. The van der Waals surface area contributed by atoms with E-state index in [0.717, 1.165) is 22.4 Å². The van der Waals surface area contributed by atoms with Crippen molar-refractivity contribution in [1.82, 2.24) is 14.8 Å². The van der Waals surface area contributed by atoms with Crippen molar-refractivity contribution in [2.45, 2.75) is 13.8 Å². The summed E-state index contributed by atoms with van der Waals surface area (Å²) in [5, 5.41) is 7.31. The third-order valence-corrected chi connectivity index (χ3v) is 4.30. The Hall–Kier alpha value is -3.74. The average molecular weight is 390 g/mol. The van der Waals surface area contributed by atoms with Crippen LogP contribution < -0.4 is 5.32 Å². The Balaban J connectivity index is 1.86. The highest BCUT2D eigenvalue weighted by Crippen LogP contribution is 2.22. The zero-order chi connectivity index (χ0) is 20.8. The van der Waals surface area contributed by atoms with Gasteiger partial charge in [-0.2, -0.15) is 5.10 Å². The van der Waals surface area contributed by atoms with Crippen LogP contribution in [-0.4, -0.2) is 40.2 Å². The van der Waals surface area contributed by atoms with Crippen molar-refractivity contribution < 1.29 is 14.3 Å². The molecule has 0 bridgehead atoms. The standard InChI is InChI=1S/C22H22N4O3/c1-15-8-16(2)10-18(9-15)21(27)12-24-20-11-19(26-14-23-13-25-26)6-4-17(20)5-7-22(28)29-3/h4-11,13-14,24H,12H2,1-3H3/b7-5+. The fourth-order valence-corrected chi connectivity index (χ4v) is 2.97. The first-order chi connectivity index (χ1) is 14.0. The first-order valence-electron chi connectivity index (χ1n) is 9.06. The van der Waals surface area contributed by atoms with E-state index in [1.54, 1.807) is 17.1 Å². The van der Waals surface area contributed by atoms with Gasteiger partial charge in [0.25, 0.3) is 0 Å². The largest absolute Gasteiger partial charge is 0.466 e. The number of nitrogens with one attached hydrogen (secondary N) is 1. The first kappa shape index (κ1) is 20.0. The van der Waals surface area contributed by atoms with Crippen LogP contribution in [0.3, 0.4) is 0 Å². The second-order valence-corrected chi connectivity index (χ2v) is 6.62. The van der Waals surface area contributed by atoms with E-state index in [1.807, 2.05) is 50.2 Å². The van der Waals surface area contributed by atoms with Crippen LogP contribution in [0.15, 0.2) is 55.1 Å². The van der Waals surface area contributed by atoms with Gasteiger partial charge in [-0.25, -0.2) is 14.5 Å². The molecule has 1 N–H and O–H groups in total. The van der Waals surface area contributed by atoms with Crippen LogP contribution in [0.2, 0.25) is 0 Å². The van der Waals surface area contributed by atoms with Crippen molar-refractivity contribution in [1.29, 1.82) is 0 Å². The lowest BCUT2D eigenvalue weighted by Gasteiger charge is -2.12. The molecule has 0 fully saturated rings. The molecular weight excluding hydrogens is 368 g/mol. The third kappa shape index (κ3) is 5.16. The molecule has 0 saturated carbocycles. The van der Waals surface area contributed by atoms with E-state index in [4.69, 9.17) is 0 Å². The molecule has 0 saturated heterocycles. The molecule has 148 valence electrons. The number of aromatic nitrogens is 3. The first-order valence-corrected chi connectivity index (χ1v) is 9.06. The lowest BCUT2D eigenvalue weighted by Crippen LogP contribution is -2.15. The van der Waals surface area contributed by atoms with Gasteiger partial charge in [-0.05, 0) is 49.8 Å². The number of Topliss-reactive ketones (excluding diaryl/α,β-unsaturated/α-hetero) is 1. The molecule has 7 nitrogen and oxygen atoms in total.